The van der Waals surface area contributed by atoms with Crippen LogP contribution in [-0.4, -0.2) is 51.7 Å². The minimum absolute atomic E-state index is 0.0702. The predicted octanol–water partition coefficient (Wildman–Crippen LogP) is 2.84. The first kappa shape index (κ1) is 26.9. The highest BCUT2D eigenvalue weighted by Crippen LogP contribution is 2.38. The van der Waals surface area contributed by atoms with Crippen LogP contribution < -0.4 is 0 Å². The lowest BCUT2D eigenvalue weighted by Crippen LogP contribution is -2.32. The van der Waals surface area contributed by atoms with Crippen LogP contribution in [0.25, 0.3) is 0 Å². The van der Waals surface area contributed by atoms with Crippen molar-refractivity contribution in [2.24, 2.45) is 23.7 Å². The zero-order chi connectivity index (χ0) is 24.7. The number of Topliss-reactive ketones (excluding diaryl/α,β-unsaturated/α-hetero) is 4. The van der Waals surface area contributed by atoms with Crippen LogP contribution in [0.15, 0.2) is 12.1 Å². The second kappa shape index (κ2) is 12.2. The summed E-state index contributed by atoms with van der Waals surface area (Å²) < 4.78 is 0. The number of ketones is 4. The van der Waals surface area contributed by atoms with E-state index in [4.69, 9.17) is 0 Å². The molecule has 7 nitrogen and oxygen atoms in total. The third-order valence-electron chi connectivity index (χ3n) is 6.40. The van der Waals surface area contributed by atoms with Gasteiger partial charge in [0.15, 0.2) is 5.78 Å². The average molecular weight is 461 g/mol. The molecular formula is C26H36O7. The fourth-order valence-electron chi connectivity index (χ4n) is 4.99. The molecule has 1 aromatic carbocycles. The topological polar surface area (TPSA) is 129 Å². The van der Waals surface area contributed by atoms with Crippen molar-refractivity contribution in [1.29, 1.82) is 0 Å². The Morgan fingerprint density at radius 2 is 1.82 bits per heavy atom. The van der Waals surface area contributed by atoms with Gasteiger partial charge in [-0.15, -0.1) is 0 Å². The number of hydrogen-bond donors (Lipinski definition) is 3. The maximum Gasteiger partial charge on any atom is 0.167 e. The smallest absolute Gasteiger partial charge is 0.167 e. The molecule has 0 radical (unpaired) electrons. The van der Waals surface area contributed by atoms with Crippen LogP contribution in [0.5, 0.6) is 5.75 Å². The molecule has 3 N–H and O–H groups in total. The largest absolute Gasteiger partial charge is 0.507 e. The summed E-state index contributed by atoms with van der Waals surface area (Å²) >= 11 is 0. The number of phenolic OH excluding ortho intramolecular Hbond substituents is 1. The number of carbonyl (C=O) groups is 4. The fourth-order valence-corrected chi connectivity index (χ4v) is 4.99. The van der Waals surface area contributed by atoms with E-state index in [-0.39, 0.29) is 84.5 Å². The van der Waals surface area contributed by atoms with Gasteiger partial charge in [-0.2, -0.15) is 0 Å². The molecule has 0 spiro atoms. The first-order chi connectivity index (χ1) is 15.6. The van der Waals surface area contributed by atoms with Crippen LogP contribution >= 0.6 is 0 Å². The van der Waals surface area contributed by atoms with Crippen molar-refractivity contribution in [2.45, 2.75) is 65.7 Å². The van der Waals surface area contributed by atoms with Crippen molar-refractivity contribution in [3.8, 4) is 5.75 Å². The zero-order valence-electron chi connectivity index (χ0n) is 19.8. The van der Waals surface area contributed by atoms with Gasteiger partial charge >= 0.3 is 0 Å². The van der Waals surface area contributed by atoms with Gasteiger partial charge in [-0.3, -0.25) is 19.2 Å². The van der Waals surface area contributed by atoms with Crippen LogP contribution in [0.3, 0.4) is 0 Å². The Morgan fingerprint density at radius 1 is 1.12 bits per heavy atom. The first-order valence-corrected chi connectivity index (χ1v) is 11.7. The third kappa shape index (κ3) is 7.30. The van der Waals surface area contributed by atoms with Crippen LogP contribution in [0, 0.1) is 23.7 Å². The molecule has 3 atom stereocenters. The van der Waals surface area contributed by atoms with Crippen molar-refractivity contribution in [1.82, 2.24) is 0 Å². The summed E-state index contributed by atoms with van der Waals surface area (Å²) in [7, 11) is 0. The lowest BCUT2D eigenvalue weighted by Gasteiger charge is -2.31. The molecule has 3 unspecified atom stereocenters. The van der Waals surface area contributed by atoms with E-state index < -0.39 is 12.5 Å². The summed E-state index contributed by atoms with van der Waals surface area (Å²) in [5.74, 6) is -1.98. The van der Waals surface area contributed by atoms with Crippen LogP contribution in [0.4, 0.5) is 0 Å². The van der Waals surface area contributed by atoms with E-state index in [1.807, 2.05) is 13.8 Å². The molecule has 0 bridgehead atoms. The van der Waals surface area contributed by atoms with Gasteiger partial charge in [-0.05, 0) is 61.1 Å². The standard InChI is InChI=1S/C26H36O7/c1-15(2)8-20(30)13-18-4-5-23(31)26-21(18)11-17(12-25(26)33)10-19(6-7-27)22(14-28)24(32)9-16(3)29/h4-5,15,17,19,22,27-28,31H,6-14H2,1-3H3. The van der Waals surface area contributed by atoms with E-state index in [0.29, 0.717) is 24.8 Å². The van der Waals surface area contributed by atoms with Gasteiger partial charge < -0.3 is 15.3 Å². The number of carbonyl (C=O) groups excluding carboxylic acids is 4. The van der Waals surface area contributed by atoms with Gasteiger partial charge in [0.25, 0.3) is 0 Å². The quantitative estimate of drug-likeness (QED) is 0.386. The van der Waals surface area contributed by atoms with Gasteiger partial charge in [0.1, 0.15) is 23.1 Å². The van der Waals surface area contributed by atoms with Crippen LogP contribution in [0.1, 0.15) is 74.4 Å². The number of fused-ring (bicyclic) bond motifs is 1. The van der Waals surface area contributed by atoms with Gasteiger partial charge in [0, 0.05) is 31.8 Å². The lowest BCUT2D eigenvalue weighted by molar-refractivity contribution is -0.131. The normalized spacial score (nSPS) is 17.5. The van der Waals surface area contributed by atoms with E-state index in [1.165, 1.54) is 13.0 Å². The molecule has 1 aliphatic carbocycles. The van der Waals surface area contributed by atoms with Crippen molar-refractivity contribution < 1.29 is 34.5 Å². The summed E-state index contributed by atoms with van der Waals surface area (Å²) in [4.78, 5) is 49.3. The molecular weight excluding hydrogens is 424 g/mol. The zero-order valence-corrected chi connectivity index (χ0v) is 19.8. The summed E-state index contributed by atoms with van der Waals surface area (Å²) in [5, 5.41) is 29.7. The minimum Gasteiger partial charge on any atom is -0.507 e. The number of phenols is 1. The van der Waals surface area contributed by atoms with Gasteiger partial charge in [-0.1, -0.05) is 19.9 Å². The van der Waals surface area contributed by atoms with Crippen molar-refractivity contribution in [2.75, 3.05) is 13.2 Å². The van der Waals surface area contributed by atoms with E-state index in [0.717, 1.165) is 5.56 Å². The van der Waals surface area contributed by atoms with Crippen molar-refractivity contribution in [3.63, 3.8) is 0 Å². The number of benzene rings is 1. The van der Waals surface area contributed by atoms with Gasteiger partial charge in [0.05, 0.1) is 18.6 Å². The van der Waals surface area contributed by atoms with Crippen molar-refractivity contribution >= 4 is 23.1 Å². The molecule has 0 saturated carbocycles. The molecule has 1 aromatic rings. The highest BCUT2D eigenvalue weighted by atomic mass is 16.3. The minimum atomic E-state index is -0.784. The average Bonchev–Trinajstić information content (AvgIpc) is 2.69. The van der Waals surface area contributed by atoms with Crippen LogP contribution in [0.2, 0.25) is 0 Å². The first-order valence-electron chi connectivity index (χ1n) is 11.7. The SMILES string of the molecule is CC(=O)CC(=O)C(CO)C(CCO)CC1CC(=O)c2c(O)ccc(CC(=O)CC(C)C)c2C1. The Kier molecular flexibility index (Phi) is 9.92. The Hall–Kier alpha value is -2.38. The maximum absolute atomic E-state index is 12.9. The van der Waals surface area contributed by atoms with Crippen molar-refractivity contribution in [3.05, 3.63) is 28.8 Å². The molecule has 0 saturated heterocycles. The summed E-state index contributed by atoms with van der Waals surface area (Å²) in [6.45, 7) is 4.65. The molecule has 33 heavy (non-hydrogen) atoms. The summed E-state index contributed by atoms with van der Waals surface area (Å²) in [6.07, 6.45) is 1.67. The Morgan fingerprint density at radius 3 is 2.39 bits per heavy atom. The molecule has 1 aliphatic rings. The van der Waals surface area contributed by atoms with Crippen LogP contribution in [-0.2, 0) is 27.2 Å². The molecule has 0 fully saturated rings. The molecule has 2 rings (SSSR count). The Balaban J connectivity index is 2.29. The van der Waals surface area contributed by atoms with E-state index in [1.54, 1.807) is 6.07 Å². The molecule has 182 valence electrons. The second-order valence-corrected chi connectivity index (χ2v) is 9.75. The monoisotopic (exact) mass is 460 g/mol. The van der Waals surface area contributed by atoms with E-state index in [2.05, 4.69) is 0 Å². The highest BCUT2D eigenvalue weighted by Gasteiger charge is 2.35. The molecule has 0 heterocycles. The predicted molar refractivity (Wildman–Crippen MR) is 123 cm³/mol. The highest BCUT2D eigenvalue weighted by molar-refractivity contribution is 6.02. The molecule has 0 amide bonds. The van der Waals surface area contributed by atoms with Gasteiger partial charge in [-0.25, -0.2) is 0 Å². The number of aromatic hydroxyl groups is 1. The number of rotatable bonds is 13. The molecule has 0 aliphatic heterocycles. The fraction of sp³-hybridized carbons (Fsp3) is 0.615. The molecule has 7 heteroatoms. The number of aliphatic hydroxyl groups excluding tert-OH is 2. The maximum atomic E-state index is 12.9. The second-order valence-electron chi connectivity index (χ2n) is 9.75. The lowest BCUT2D eigenvalue weighted by atomic mass is 9.72. The third-order valence-corrected chi connectivity index (χ3v) is 6.40. The summed E-state index contributed by atoms with van der Waals surface area (Å²) in [6, 6.07) is 3.16. The Labute approximate surface area is 195 Å². The van der Waals surface area contributed by atoms with E-state index >= 15 is 0 Å². The molecule has 0 aromatic heterocycles. The number of hydrogen-bond acceptors (Lipinski definition) is 7. The Bertz CT molecular complexity index is 887. The van der Waals surface area contributed by atoms with E-state index in [9.17, 15) is 34.5 Å². The summed E-state index contributed by atoms with van der Waals surface area (Å²) in [5.41, 5.74) is 1.68. The van der Waals surface area contributed by atoms with Gasteiger partial charge in [0.2, 0.25) is 0 Å². The number of aliphatic hydroxyl groups is 2.